The molecule has 2 rings (SSSR count). The molecule has 0 amide bonds. The van der Waals surface area contributed by atoms with Crippen molar-refractivity contribution in [3.63, 3.8) is 0 Å². The number of hydrogen-bond donors (Lipinski definition) is 0. The van der Waals surface area contributed by atoms with Gasteiger partial charge in [0.15, 0.2) is 0 Å². The lowest BCUT2D eigenvalue weighted by Crippen LogP contribution is -1.98. The van der Waals surface area contributed by atoms with E-state index >= 15 is 0 Å². The van der Waals surface area contributed by atoms with Crippen LogP contribution in [0.5, 0.6) is 0 Å². The number of thioether (sulfide) groups is 2. The van der Waals surface area contributed by atoms with Crippen LogP contribution in [0.15, 0.2) is 35.2 Å². The van der Waals surface area contributed by atoms with Gasteiger partial charge >= 0.3 is 0 Å². The summed E-state index contributed by atoms with van der Waals surface area (Å²) in [5.74, 6) is 1.98. The van der Waals surface area contributed by atoms with Gasteiger partial charge in [-0.2, -0.15) is 17.0 Å². The highest BCUT2D eigenvalue weighted by Gasteiger charge is 2.16. The molecule has 0 saturated carbocycles. The van der Waals surface area contributed by atoms with E-state index in [1.807, 2.05) is 42.3 Å². The van der Waals surface area contributed by atoms with E-state index in [-0.39, 0.29) is 0 Å². The summed E-state index contributed by atoms with van der Waals surface area (Å²) in [4.78, 5) is 1.04. The van der Waals surface area contributed by atoms with Crippen LogP contribution in [0.4, 0.5) is 0 Å². The van der Waals surface area contributed by atoms with Crippen molar-refractivity contribution in [2.24, 2.45) is 0 Å². The molecule has 0 heterocycles. The second-order valence-electron chi connectivity index (χ2n) is 4.86. The summed E-state index contributed by atoms with van der Waals surface area (Å²) in [5, 5.41) is 10.2. The Kier molecular flexibility index (Phi) is 6.26. The predicted octanol–water partition coefficient (Wildman–Crippen LogP) is 6.16. The van der Waals surface area contributed by atoms with Gasteiger partial charge in [0.05, 0.1) is 5.56 Å². The Hall–Kier alpha value is -1.08. The number of hydrogen-bond acceptors (Lipinski definition) is 3. The van der Waals surface area contributed by atoms with Gasteiger partial charge in [-0.1, -0.05) is 30.7 Å². The summed E-state index contributed by atoms with van der Waals surface area (Å²) < 4.78 is 0. The van der Waals surface area contributed by atoms with Crippen LogP contribution >= 0.6 is 35.1 Å². The average Bonchev–Trinajstić information content (AvgIpc) is 2.53. The molecule has 4 heteroatoms. The highest BCUT2D eigenvalue weighted by molar-refractivity contribution is 7.98. The fraction of sp³-hybridized carbons (Fsp3) is 0.278. The Labute approximate surface area is 146 Å². The van der Waals surface area contributed by atoms with Gasteiger partial charge in [-0.15, -0.1) is 11.8 Å². The SMILES string of the molecule is CCSCc1c(-c2ccc(Cl)cc2)cc(SC)c(C#N)c1C. The fourth-order valence-corrected chi connectivity index (χ4v) is 3.95. The van der Waals surface area contributed by atoms with Gasteiger partial charge in [0.1, 0.15) is 6.07 Å². The molecule has 0 unspecified atom stereocenters. The summed E-state index contributed by atoms with van der Waals surface area (Å²) in [7, 11) is 0. The highest BCUT2D eigenvalue weighted by Crippen LogP contribution is 2.36. The molecule has 0 spiro atoms. The van der Waals surface area contributed by atoms with Gasteiger partial charge in [0.25, 0.3) is 0 Å². The molecule has 2 aromatic rings. The molecule has 1 nitrogen and oxygen atoms in total. The van der Waals surface area contributed by atoms with Crippen LogP contribution in [0.2, 0.25) is 5.02 Å². The van der Waals surface area contributed by atoms with Crippen LogP contribution < -0.4 is 0 Å². The lowest BCUT2D eigenvalue weighted by Gasteiger charge is -2.17. The molecular weight excluding hydrogens is 330 g/mol. The van der Waals surface area contributed by atoms with Crippen molar-refractivity contribution in [3.05, 3.63) is 52.0 Å². The normalized spacial score (nSPS) is 10.5. The lowest BCUT2D eigenvalue weighted by molar-refractivity contribution is 1.22. The minimum Gasteiger partial charge on any atom is -0.192 e. The first-order valence-corrected chi connectivity index (χ1v) is 9.82. The molecule has 0 saturated heterocycles. The second kappa shape index (κ2) is 7.97. The Bertz CT molecular complexity index is 703. The average molecular weight is 348 g/mol. The molecule has 0 bridgehead atoms. The van der Waals surface area contributed by atoms with E-state index < -0.39 is 0 Å². The number of rotatable bonds is 5. The van der Waals surface area contributed by atoms with Crippen molar-refractivity contribution in [3.8, 4) is 17.2 Å². The zero-order valence-corrected chi connectivity index (χ0v) is 15.3. The standard InChI is InChI=1S/C18H18ClNS2/c1-4-22-11-17-12(2)16(10-20)18(21-3)9-15(17)13-5-7-14(19)8-6-13/h5-9H,4,11H2,1-3H3. The van der Waals surface area contributed by atoms with Crippen molar-refractivity contribution in [2.75, 3.05) is 12.0 Å². The van der Waals surface area contributed by atoms with Gasteiger partial charge < -0.3 is 0 Å². The van der Waals surface area contributed by atoms with Crippen molar-refractivity contribution in [2.45, 2.75) is 24.5 Å². The van der Waals surface area contributed by atoms with E-state index in [0.717, 1.165) is 38.1 Å². The summed E-state index contributed by atoms with van der Waals surface area (Å²) in [6.45, 7) is 4.21. The van der Waals surface area contributed by atoms with E-state index in [1.165, 1.54) is 11.1 Å². The van der Waals surface area contributed by atoms with Crippen molar-refractivity contribution < 1.29 is 0 Å². The molecule has 0 aliphatic carbocycles. The van der Waals surface area contributed by atoms with Crippen LogP contribution in [0.3, 0.4) is 0 Å². The van der Waals surface area contributed by atoms with E-state index in [9.17, 15) is 5.26 Å². The minimum atomic E-state index is 0.740. The third-order valence-corrected chi connectivity index (χ3v) is 5.53. The smallest absolute Gasteiger partial charge is 0.101 e. The zero-order valence-electron chi connectivity index (χ0n) is 12.9. The monoisotopic (exact) mass is 347 g/mol. The van der Waals surface area contributed by atoms with E-state index in [4.69, 9.17) is 11.6 Å². The van der Waals surface area contributed by atoms with Crippen molar-refractivity contribution >= 4 is 35.1 Å². The predicted molar refractivity (Wildman–Crippen MR) is 100.0 cm³/mol. The number of benzene rings is 2. The first-order valence-electron chi connectivity index (χ1n) is 7.06. The number of nitriles is 1. The number of halogens is 1. The maximum absolute atomic E-state index is 9.49. The van der Waals surface area contributed by atoms with E-state index in [0.29, 0.717) is 0 Å². The highest BCUT2D eigenvalue weighted by atomic mass is 35.5. The summed E-state index contributed by atoms with van der Waals surface area (Å²) in [6, 6.07) is 12.4. The van der Waals surface area contributed by atoms with Gasteiger partial charge in [-0.3, -0.25) is 0 Å². The van der Waals surface area contributed by atoms with Gasteiger partial charge in [0, 0.05) is 15.7 Å². The second-order valence-corrected chi connectivity index (χ2v) is 7.42. The first kappa shape index (κ1) is 17.3. The first-order chi connectivity index (χ1) is 10.6. The van der Waals surface area contributed by atoms with Crippen LogP contribution in [-0.2, 0) is 5.75 Å². The Morgan fingerprint density at radius 1 is 1.23 bits per heavy atom. The molecule has 0 N–H and O–H groups in total. The molecule has 0 aliphatic rings. The molecule has 0 aliphatic heterocycles. The van der Waals surface area contributed by atoms with Crippen LogP contribution in [-0.4, -0.2) is 12.0 Å². The van der Waals surface area contributed by atoms with E-state index in [1.54, 1.807) is 11.8 Å². The molecule has 0 aromatic heterocycles. The summed E-state index contributed by atoms with van der Waals surface area (Å²) in [6.07, 6.45) is 2.02. The molecule has 0 atom stereocenters. The molecule has 2 aromatic carbocycles. The molecular formula is C18H18ClNS2. The van der Waals surface area contributed by atoms with Crippen molar-refractivity contribution in [1.29, 1.82) is 5.26 Å². The van der Waals surface area contributed by atoms with Gasteiger partial charge in [-0.05, 0) is 59.4 Å². The third kappa shape index (κ3) is 3.63. The largest absolute Gasteiger partial charge is 0.192 e. The zero-order chi connectivity index (χ0) is 16.1. The molecule has 114 valence electrons. The van der Waals surface area contributed by atoms with E-state index in [2.05, 4.69) is 26.0 Å². The maximum atomic E-state index is 9.49. The Morgan fingerprint density at radius 2 is 1.91 bits per heavy atom. The van der Waals surface area contributed by atoms with Crippen molar-refractivity contribution in [1.82, 2.24) is 0 Å². The van der Waals surface area contributed by atoms with Gasteiger partial charge in [-0.25, -0.2) is 0 Å². The molecule has 0 fully saturated rings. The van der Waals surface area contributed by atoms with Crippen LogP contribution in [0.25, 0.3) is 11.1 Å². The Balaban J connectivity index is 2.66. The van der Waals surface area contributed by atoms with Crippen LogP contribution in [0, 0.1) is 18.3 Å². The topological polar surface area (TPSA) is 23.8 Å². The quantitative estimate of drug-likeness (QED) is 0.605. The third-order valence-electron chi connectivity index (χ3n) is 3.61. The summed E-state index contributed by atoms with van der Waals surface area (Å²) >= 11 is 9.51. The number of nitrogens with zero attached hydrogens (tertiary/aromatic N) is 1. The molecule has 0 radical (unpaired) electrons. The lowest BCUT2D eigenvalue weighted by atomic mass is 9.94. The maximum Gasteiger partial charge on any atom is 0.101 e. The molecule has 22 heavy (non-hydrogen) atoms. The summed E-state index contributed by atoms with van der Waals surface area (Å²) in [5.41, 5.74) is 5.51. The van der Waals surface area contributed by atoms with Gasteiger partial charge in [0.2, 0.25) is 0 Å². The van der Waals surface area contributed by atoms with Crippen LogP contribution in [0.1, 0.15) is 23.6 Å². The minimum absolute atomic E-state index is 0.740. The fourth-order valence-electron chi connectivity index (χ4n) is 2.41. The Morgan fingerprint density at radius 3 is 2.45 bits per heavy atom.